The van der Waals surface area contributed by atoms with Crippen molar-refractivity contribution in [1.29, 1.82) is 0 Å². The van der Waals surface area contributed by atoms with Crippen molar-refractivity contribution in [3.8, 4) is 12.3 Å². The highest BCUT2D eigenvalue weighted by Gasteiger charge is 2.16. The first-order valence-corrected chi connectivity index (χ1v) is 8.10. The lowest BCUT2D eigenvalue weighted by Gasteiger charge is -2.11. The Hall–Kier alpha value is -1.45. The Kier molecular flexibility index (Phi) is 7.95. The van der Waals surface area contributed by atoms with Crippen molar-refractivity contribution in [3.05, 3.63) is 34.3 Å². The third kappa shape index (κ3) is 7.21. The Labute approximate surface area is 137 Å². The van der Waals surface area contributed by atoms with E-state index in [9.17, 15) is 9.59 Å². The molecule has 0 fully saturated rings. The number of hydrogen-bond acceptors (Lipinski definition) is 4. The van der Waals surface area contributed by atoms with Gasteiger partial charge >= 0.3 is 5.97 Å². The van der Waals surface area contributed by atoms with Crippen LogP contribution in [-0.4, -0.2) is 30.3 Å². The normalized spacial score (nSPS) is 11.3. The second-order valence-corrected chi connectivity index (χ2v) is 6.41. The molecule has 21 heavy (non-hydrogen) atoms. The van der Waals surface area contributed by atoms with Gasteiger partial charge in [-0.3, -0.25) is 9.59 Å². The monoisotopic (exact) mass is 369 g/mol. The van der Waals surface area contributed by atoms with Gasteiger partial charge in [0, 0.05) is 10.2 Å². The second kappa shape index (κ2) is 9.48. The molecule has 0 saturated carbocycles. The number of hydrogen-bond donors (Lipinski definition) is 1. The Bertz CT molecular complexity index is 525. The molecule has 0 aromatic heterocycles. The summed E-state index contributed by atoms with van der Waals surface area (Å²) in [6.45, 7) is 1.58. The van der Waals surface area contributed by atoms with Gasteiger partial charge in [-0.15, -0.1) is 18.2 Å². The molecule has 0 heterocycles. The van der Waals surface area contributed by atoms with Gasteiger partial charge in [0.25, 0.3) is 5.91 Å². The van der Waals surface area contributed by atoms with Crippen LogP contribution in [0, 0.1) is 12.3 Å². The molecule has 1 N–H and O–H groups in total. The smallest absolute Gasteiger partial charge is 0.319 e. The number of terminal acetylenes is 1. The molecule has 1 rings (SSSR count). The van der Waals surface area contributed by atoms with Crippen LogP contribution < -0.4 is 5.32 Å². The number of carbonyl (C=O) groups is 2. The molecule has 1 aromatic carbocycles. The molecule has 0 aliphatic carbocycles. The van der Waals surface area contributed by atoms with Crippen molar-refractivity contribution < 1.29 is 14.3 Å². The Morgan fingerprint density at radius 2 is 2.10 bits per heavy atom. The number of halogens is 1. The fraction of sp³-hybridized carbons (Fsp3) is 0.333. The zero-order chi connectivity index (χ0) is 15.7. The van der Waals surface area contributed by atoms with Crippen LogP contribution in [0.3, 0.4) is 0 Å². The summed E-state index contributed by atoms with van der Waals surface area (Å²) in [6.07, 6.45) is 5.01. The van der Waals surface area contributed by atoms with Crippen molar-refractivity contribution in [2.45, 2.75) is 17.9 Å². The van der Waals surface area contributed by atoms with Gasteiger partial charge in [-0.05, 0) is 24.6 Å². The highest BCUT2D eigenvalue weighted by Crippen LogP contribution is 2.20. The van der Waals surface area contributed by atoms with Crippen LogP contribution in [-0.2, 0) is 20.1 Å². The summed E-state index contributed by atoms with van der Waals surface area (Å²) in [5.41, 5.74) is 1.12. The van der Waals surface area contributed by atoms with Crippen LogP contribution >= 0.6 is 27.7 Å². The molecule has 0 unspecified atom stereocenters. The summed E-state index contributed by atoms with van der Waals surface area (Å²) in [5, 5.41) is 2.09. The molecular formula is C15H16BrNO3S. The Morgan fingerprint density at radius 3 is 2.71 bits per heavy atom. The van der Waals surface area contributed by atoms with Crippen LogP contribution in [0.25, 0.3) is 0 Å². The molecule has 1 amide bonds. The fourth-order valence-electron chi connectivity index (χ4n) is 1.32. The van der Waals surface area contributed by atoms with E-state index in [4.69, 9.17) is 11.2 Å². The molecule has 1 atom stereocenters. The van der Waals surface area contributed by atoms with Crippen LogP contribution in [0.5, 0.6) is 0 Å². The van der Waals surface area contributed by atoms with E-state index in [0.29, 0.717) is 5.75 Å². The lowest BCUT2D eigenvalue weighted by molar-refractivity contribution is -0.147. The predicted octanol–water partition coefficient (Wildman–Crippen LogP) is 2.36. The van der Waals surface area contributed by atoms with Crippen molar-refractivity contribution in [2.24, 2.45) is 0 Å². The number of rotatable bonds is 7. The molecule has 1 aromatic rings. The number of ether oxygens (including phenoxy) is 1. The molecule has 0 saturated heterocycles. The standard InChI is InChI=1S/C15H16BrNO3S/c1-3-8-17-14(18)9-20-15(19)11(2)21-10-12-4-6-13(16)7-5-12/h1,4-7,11H,8-10H2,2H3,(H,17,18)/t11-/m0/s1. The van der Waals surface area contributed by atoms with Gasteiger partial charge in [-0.2, -0.15) is 0 Å². The van der Waals surface area contributed by atoms with Crippen molar-refractivity contribution >= 4 is 39.6 Å². The highest BCUT2D eigenvalue weighted by atomic mass is 79.9. The third-order valence-corrected chi connectivity index (χ3v) is 4.20. The van der Waals surface area contributed by atoms with Gasteiger partial charge in [0.2, 0.25) is 0 Å². The molecular weight excluding hydrogens is 354 g/mol. The topological polar surface area (TPSA) is 55.4 Å². The Morgan fingerprint density at radius 1 is 1.43 bits per heavy atom. The highest BCUT2D eigenvalue weighted by molar-refractivity contribution is 9.10. The summed E-state index contributed by atoms with van der Waals surface area (Å²) >= 11 is 4.83. The van der Waals surface area contributed by atoms with Gasteiger partial charge in [-0.1, -0.05) is 34.0 Å². The van der Waals surface area contributed by atoms with Crippen LogP contribution in [0.15, 0.2) is 28.7 Å². The average Bonchev–Trinajstić information content (AvgIpc) is 2.49. The van der Waals surface area contributed by atoms with Crippen LogP contribution in [0.1, 0.15) is 12.5 Å². The molecule has 4 nitrogen and oxygen atoms in total. The number of esters is 1. The zero-order valence-corrected chi connectivity index (χ0v) is 14.0. The predicted molar refractivity (Wildman–Crippen MR) is 87.7 cm³/mol. The fourth-order valence-corrected chi connectivity index (χ4v) is 2.43. The minimum atomic E-state index is -0.409. The molecule has 0 radical (unpaired) electrons. The first-order chi connectivity index (χ1) is 10.0. The Balaban J connectivity index is 2.29. The van der Waals surface area contributed by atoms with Gasteiger partial charge < -0.3 is 10.1 Å². The number of benzene rings is 1. The lowest BCUT2D eigenvalue weighted by Crippen LogP contribution is -2.30. The number of nitrogens with one attached hydrogen (secondary N) is 1. The van der Waals surface area contributed by atoms with E-state index in [1.54, 1.807) is 6.92 Å². The van der Waals surface area contributed by atoms with Crippen molar-refractivity contribution in [1.82, 2.24) is 5.32 Å². The van der Waals surface area contributed by atoms with Crippen LogP contribution in [0.2, 0.25) is 0 Å². The van der Waals surface area contributed by atoms with E-state index >= 15 is 0 Å². The van der Waals surface area contributed by atoms with Crippen molar-refractivity contribution in [3.63, 3.8) is 0 Å². The molecule has 0 spiro atoms. The molecule has 0 bridgehead atoms. The zero-order valence-electron chi connectivity index (χ0n) is 11.6. The summed E-state index contributed by atoms with van der Waals surface area (Å²) in [6, 6.07) is 7.88. The maximum Gasteiger partial charge on any atom is 0.319 e. The molecule has 112 valence electrons. The maximum absolute atomic E-state index is 11.7. The maximum atomic E-state index is 11.7. The van der Waals surface area contributed by atoms with Gasteiger partial charge in [0.1, 0.15) is 0 Å². The van der Waals surface area contributed by atoms with Crippen LogP contribution in [0.4, 0.5) is 0 Å². The lowest BCUT2D eigenvalue weighted by atomic mass is 10.2. The first kappa shape index (κ1) is 17.6. The minimum absolute atomic E-state index is 0.129. The third-order valence-electron chi connectivity index (χ3n) is 2.48. The van der Waals surface area contributed by atoms with Gasteiger partial charge in [0.05, 0.1) is 11.8 Å². The van der Waals surface area contributed by atoms with E-state index in [0.717, 1.165) is 10.0 Å². The quantitative estimate of drug-likeness (QED) is 0.592. The molecule has 6 heteroatoms. The van der Waals surface area contributed by atoms with E-state index in [2.05, 4.69) is 27.2 Å². The van der Waals surface area contributed by atoms with E-state index in [1.165, 1.54) is 11.8 Å². The minimum Gasteiger partial charge on any atom is -0.455 e. The SMILES string of the molecule is C#CCNC(=O)COC(=O)[C@H](C)SCc1ccc(Br)cc1. The van der Waals surface area contributed by atoms with Gasteiger partial charge in [-0.25, -0.2) is 0 Å². The second-order valence-electron chi connectivity index (χ2n) is 4.17. The van der Waals surface area contributed by atoms with Crippen molar-refractivity contribution in [2.75, 3.05) is 13.2 Å². The summed E-state index contributed by atoms with van der Waals surface area (Å²) < 4.78 is 5.94. The van der Waals surface area contributed by atoms with E-state index in [1.807, 2.05) is 24.3 Å². The van der Waals surface area contributed by atoms with E-state index in [-0.39, 0.29) is 18.4 Å². The first-order valence-electron chi connectivity index (χ1n) is 6.25. The average molecular weight is 370 g/mol. The largest absolute Gasteiger partial charge is 0.455 e. The molecule has 0 aliphatic rings. The number of amides is 1. The van der Waals surface area contributed by atoms with E-state index < -0.39 is 11.9 Å². The summed E-state index contributed by atoms with van der Waals surface area (Å²) in [5.74, 6) is 2.17. The summed E-state index contributed by atoms with van der Waals surface area (Å²) in [7, 11) is 0. The number of thioether (sulfide) groups is 1. The molecule has 0 aliphatic heterocycles. The number of carbonyl (C=O) groups excluding carboxylic acids is 2. The summed E-state index contributed by atoms with van der Waals surface area (Å²) in [4.78, 5) is 23.0. The van der Waals surface area contributed by atoms with Gasteiger partial charge in [0.15, 0.2) is 6.61 Å².